The van der Waals surface area contributed by atoms with Crippen LogP contribution < -0.4 is 9.04 Å². The number of sulfonamides is 1. The van der Waals surface area contributed by atoms with Crippen LogP contribution in [0.4, 0.5) is 5.69 Å². The smallest absolute Gasteiger partial charge is 0.338 e. The van der Waals surface area contributed by atoms with Crippen molar-refractivity contribution in [3.8, 4) is 5.75 Å². The number of para-hydroxylation sites is 2. The van der Waals surface area contributed by atoms with Crippen LogP contribution in [0.1, 0.15) is 25.9 Å². The van der Waals surface area contributed by atoms with Gasteiger partial charge in [-0.25, -0.2) is 18.2 Å². The maximum atomic E-state index is 13.0. The number of hydrogen-bond donors (Lipinski definition) is 0. The number of methoxy groups -OCH3 is 1. The molecular weight excluding hydrogens is 424 g/mol. The van der Waals surface area contributed by atoms with Crippen molar-refractivity contribution >= 4 is 33.0 Å². The average molecular weight is 447 g/mol. The molecule has 0 aliphatic heterocycles. The van der Waals surface area contributed by atoms with Gasteiger partial charge in [0.15, 0.2) is 0 Å². The summed E-state index contributed by atoms with van der Waals surface area (Å²) in [4.78, 5) is 17.6. The van der Waals surface area contributed by atoms with Crippen LogP contribution in [0.2, 0.25) is 0 Å². The van der Waals surface area contributed by atoms with Gasteiger partial charge >= 0.3 is 5.97 Å². The van der Waals surface area contributed by atoms with E-state index in [1.807, 2.05) is 13.8 Å². The van der Waals surface area contributed by atoms with Gasteiger partial charge in [0.2, 0.25) is 0 Å². The Bertz CT molecular complexity index is 1150. The Kier molecular flexibility index (Phi) is 6.42. The second-order valence-corrected chi connectivity index (χ2v) is 9.74. The van der Waals surface area contributed by atoms with Gasteiger partial charge in [0.05, 0.1) is 38.8 Å². The minimum Gasteiger partial charge on any atom is -0.495 e. The van der Waals surface area contributed by atoms with Crippen molar-refractivity contribution in [1.82, 2.24) is 4.98 Å². The maximum absolute atomic E-state index is 13.0. The lowest BCUT2D eigenvalue weighted by molar-refractivity contribution is 0.0476. The SMILES string of the molecule is COc1ccccc1N(C)S(=O)(=O)c1ccc(C(=O)OCc2sc(C)nc2C)cc1. The highest BCUT2D eigenvalue weighted by atomic mass is 32.2. The van der Waals surface area contributed by atoms with E-state index in [2.05, 4.69) is 4.98 Å². The monoisotopic (exact) mass is 446 g/mol. The van der Waals surface area contributed by atoms with Gasteiger partial charge in [0.1, 0.15) is 12.4 Å². The minimum atomic E-state index is -3.83. The Balaban J connectivity index is 1.75. The van der Waals surface area contributed by atoms with E-state index in [-0.39, 0.29) is 17.1 Å². The number of anilines is 1. The standard InChI is InChI=1S/C21H22N2O5S2/c1-14-20(29-15(2)22-14)13-28-21(24)16-9-11-17(12-10-16)30(25,26)23(3)18-7-5-6-8-19(18)27-4/h5-12H,13H2,1-4H3. The quantitative estimate of drug-likeness (QED) is 0.511. The molecule has 3 aromatic rings. The molecule has 0 saturated carbocycles. The average Bonchev–Trinajstić information content (AvgIpc) is 3.08. The van der Waals surface area contributed by atoms with Crippen LogP contribution in [0, 0.1) is 13.8 Å². The normalized spacial score (nSPS) is 11.2. The molecule has 0 amide bonds. The van der Waals surface area contributed by atoms with E-state index in [0.29, 0.717) is 11.4 Å². The third-order valence-electron chi connectivity index (χ3n) is 4.51. The van der Waals surface area contributed by atoms with Gasteiger partial charge in [-0.2, -0.15) is 0 Å². The summed E-state index contributed by atoms with van der Waals surface area (Å²) >= 11 is 1.48. The molecule has 0 saturated heterocycles. The number of aryl methyl sites for hydroxylation is 2. The third-order valence-corrected chi connectivity index (χ3v) is 7.34. The number of carbonyl (C=O) groups excluding carboxylic acids is 1. The molecule has 0 atom stereocenters. The molecule has 1 aromatic heterocycles. The number of esters is 1. The number of nitrogens with zero attached hydrogens (tertiary/aromatic N) is 2. The van der Waals surface area contributed by atoms with Crippen LogP contribution in [0.3, 0.4) is 0 Å². The van der Waals surface area contributed by atoms with E-state index >= 15 is 0 Å². The molecule has 3 rings (SSSR count). The molecule has 0 N–H and O–H groups in total. The van der Waals surface area contributed by atoms with Crippen molar-refractivity contribution in [3.05, 3.63) is 69.7 Å². The van der Waals surface area contributed by atoms with Crippen LogP contribution >= 0.6 is 11.3 Å². The van der Waals surface area contributed by atoms with E-state index in [1.54, 1.807) is 24.3 Å². The Morgan fingerprint density at radius 3 is 2.37 bits per heavy atom. The molecule has 2 aromatic carbocycles. The molecule has 30 heavy (non-hydrogen) atoms. The number of carbonyl (C=O) groups is 1. The predicted octanol–water partition coefficient (Wildman–Crippen LogP) is 3.95. The fourth-order valence-corrected chi connectivity index (χ4v) is 4.92. The zero-order valence-electron chi connectivity index (χ0n) is 17.1. The number of ether oxygens (including phenoxy) is 2. The Hall–Kier alpha value is -2.91. The maximum Gasteiger partial charge on any atom is 0.338 e. The summed E-state index contributed by atoms with van der Waals surface area (Å²) < 4.78 is 37.7. The van der Waals surface area contributed by atoms with Crippen LogP contribution in [0.15, 0.2) is 53.4 Å². The van der Waals surface area contributed by atoms with Crippen molar-refractivity contribution in [3.63, 3.8) is 0 Å². The van der Waals surface area contributed by atoms with Crippen molar-refractivity contribution in [1.29, 1.82) is 0 Å². The first kappa shape index (κ1) is 21.8. The largest absolute Gasteiger partial charge is 0.495 e. The second kappa shape index (κ2) is 8.85. The van der Waals surface area contributed by atoms with E-state index in [0.717, 1.165) is 19.9 Å². The molecule has 0 unspecified atom stereocenters. The van der Waals surface area contributed by atoms with E-state index in [9.17, 15) is 13.2 Å². The fraction of sp³-hybridized carbons (Fsp3) is 0.238. The number of thiazole rings is 1. The van der Waals surface area contributed by atoms with Crippen LogP contribution in [0.25, 0.3) is 0 Å². The first-order chi connectivity index (χ1) is 14.2. The molecule has 0 fully saturated rings. The van der Waals surface area contributed by atoms with Crippen molar-refractivity contribution in [2.45, 2.75) is 25.3 Å². The number of aromatic nitrogens is 1. The van der Waals surface area contributed by atoms with Gasteiger partial charge in [-0.1, -0.05) is 12.1 Å². The van der Waals surface area contributed by atoms with Gasteiger partial charge in [-0.15, -0.1) is 11.3 Å². The predicted molar refractivity (Wildman–Crippen MR) is 116 cm³/mol. The molecule has 158 valence electrons. The molecule has 7 nitrogen and oxygen atoms in total. The summed E-state index contributed by atoms with van der Waals surface area (Å²) in [5.74, 6) is -0.0835. The van der Waals surface area contributed by atoms with Crippen LogP contribution in [-0.4, -0.2) is 33.5 Å². The molecule has 0 aliphatic rings. The molecule has 9 heteroatoms. The lowest BCUT2D eigenvalue weighted by atomic mass is 10.2. The van der Waals surface area contributed by atoms with Gasteiger partial charge < -0.3 is 9.47 Å². The van der Waals surface area contributed by atoms with Crippen molar-refractivity contribution < 1.29 is 22.7 Å². The molecule has 0 aliphatic carbocycles. The van der Waals surface area contributed by atoms with Crippen LogP contribution in [0.5, 0.6) is 5.75 Å². The highest BCUT2D eigenvalue weighted by Crippen LogP contribution is 2.31. The van der Waals surface area contributed by atoms with Gasteiger partial charge in [0.25, 0.3) is 10.0 Å². The minimum absolute atomic E-state index is 0.0568. The molecule has 0 radical (unpaired) electrons. The molecule has 1 heterocycles. The van der Waals surface area contributed by atoms with Crippen molar-refractivity contribution in [2.75, 3.05) is 18.5 Å². The Morgan fingerprint density at radius 2 is 1.77 bits per heavy atom. The number of benzene rings is 2. The highest BCUT2D eigenvalue weighted by molar-refractivity contribution is 7.92. The summed E-state index contributed by atoms with van der Waals surface area (Å²) in [5.41, 5.74) is 1.53. The highest BCUT2D eigenvalue weighted by Gasteiger charge is 2.24. The topological polar surface area (TPSA) is 85.8 Å². The van der Waals surface area contributed by atoms with E-state index in [1.165, 1.54) is 49.8 Å². The lowest BCUT2D eigenvalue weighted by Crippen LogP contribution is -2.27. The van der Waals surface area contributed by atoms with Crippen molar-refractivity contribution in [2.24, 2.45) is 0 Å². The molecular formula is C21H22N2O5S2. The third kappa shape index (κ3) is 4.47. The first-order valence-corrected chi connectivity index (χ1v) is 11.3. The summed E-state index contributed by atoms with van der Waals surface area (Å²) in [5, 5.41) is 0.910. The summed E-state index contributed by atoms with van der Waals surface area (Å²) in [6, 6.07) is 12.5. The Labute approximate surface area is 180 Å². The zero-order chi connectivity index (χ0) is 21.9. The summed E-state index contributed by atoms with van der Waals surface area (Å²) in [6.07, 6.45) is 0. The summed E-state index contributed by atoms with van der Waals surface area (Å²) in [7, 11) is -0.897. The van der Waals surface area contributed by atoms with E-state index in [4.69, 9.17) is 9.47 Å². The van der Waals surface area contributed by atoms with Gasteiger partial charge in [-0.05, 0) is 50.2 Å². The van der Waals surface area contributed by atoms with Gasteiger partial charge in [-0.3, -0.25) is 4.31 Å². The zero-order valence-corrected chi connectivity index (χ0v) is 18.7. The van der Waals surface area contributed by atoms with Gasteiger partial charge in [0, 0.05) is 7.05 Å². The molecule has 0 spiro atoms. The van der Waals surface area contributed by atoms with E-state index < -0.39 is 16.0 Å². The van der Waals surface area contributed by atoms with Crippen LogP contribution in [-0.2, 0) is 21.4 Å². The molecule has 0 bridgehead atoms. The Morgan fingerprint density at radius 1 is 1.10 bits per heavy atom. The lowest BCUT2D eigenvalue weighted by Gasteiger charge is -2.21. The summed E-state index contributed by atoms with van der Waals surface area (Å²) in [6.45, 7) is 3.89. The second-order valence-electron chi connectivity index (χ2n) is 6.49. The number of hydrogen-bond acceptors (Lipinski definition) is 7. The fourth-order valence-electron chi connectivity index (χ4n) is 2.86. The first-order valence-electron chi connectivity index (χ1n) is 9.06. The number of rotatable bonds is 7.